The van der Waals surface area contributed by atoms with Crippen LogP contribution in [0.1, 0.15) is 46.5 Å². The predicted octanol–water partition coefficient (Wildman–Crippen LogP) is 4.74. The zero-order valence-electron chi connectivity index (χ0n) is 29.5. The lowest BCUT2D eigenvalue weighted by Crippen LogP contribution is -2.70. The van der Waals surface area contributed by atoms with Gasteiger partial charge >= 0.3 is 11.9 Å². The fourth-order valence-corrected chi connectivity index (χ4v) is 7.57. The Balaban J connectivity index is 0.000000715. The van der Waals surface area contributed by atoms with E-state index >= 15 is 0 Å². The largest absolute Gasteiger partial charge is 0.473 e. The molecule has 280 valence electrons. The quantitative estimate of drug-likeness (QED) is 0.0848. The molecule has 4 aliphatic heterocycles. The number of aromatic nitrogens is 3. The third-order valence-corrected chi connectivity index (χ3v) is 10.1. The number of carbonyl (C=O) groups is 2. The fraction of sp³-hybridized carbons (Fsp3) is 0.528. The molecular weight excluding hydrogens is 674 g/mol. The summed E-state index contributed by atoms with van der Waals surface area (Å²) in [5.41, 5.74) is 1.22. The topological polar surface area (TPSA) is 208 Å². The number of hydrogen-bond donors (Lipinski definition) is 6. The molecule has 1 aromatic heterocycles. The van der Waals surface area contributed by atoms with E-state index in [1.165, 1.54) is 6.42 Å². The van der Waals surface area contributed by atoms with Crippen LogP contribution in [-0.4, -0.2) is 87.3 Å². The normalized spacial score (nSPS) is 30.1. The molecule has 2 aromatic carbocycles. The molecule has 16 heteroatoms. The standard InChI is InChI=1S/C34H45N7O5.C2H2O4/c1-22-14-15-27-23(2)28(43-29-34(27)26(22)16-17-33(3,44-29)45-46-34)42-21-20-35-18-19-36-30-39-31(37-24-10-6-4-7-11-24)41-32(40-30)38-25-12-8-5-9-13-25;3-1(4)2(5)6/h4-13,22-23,26-29,35H,14-21H2,1-3H3,(H3,36,37,38,39,40,41);(H,3,4)(H,5,6)/t22-,23-,26+,27+,28+,29-,33-,34-;/m1./s1. The molecule has 52 heavy (non-hydrogen) atoms. The van der Waals surface area contributed by atoms with E-state index in [1.54, 1.807) is 0 Å². The van der Waals surface area contributed by atoms with Crippen molar-refractivity contribution < 1.29 is 43.8 Å². The molecule has 0 radical (unpaired) electrons. The predicted molar refractivity (Wildman–Crippen MR) is 189 cm³/mol. The zero-order chi connectivity index (χ0) is 36.7. The lowest BCUT2D eigenvalue weighted by atomic mass is 9.58. The van der Waals surface area contributed by atoms with Crippen molar-refractivity contribution in [2.45, 2.75) is 70.4 Å². The number of rotatable bonds is 12. The van der Waals surface area contributed by atoms with Crippen molar-refractivity contribution in [2.75, 3.05) is 42.2 Å². The second kappa shape index (κ2) is 16.5. The third kappa shape index (κ3) is 8.60. The van der Waals surface area contributed by atoms with Crippen molar-refractivity contribution in [3.63, 3.8) is 0 Å². The van der Waals surface area contributed by atoms with Crippen LogP contribution < -0.4 is 21.3 Å². The van der Waals surface area contributed by atoms with Crippen LogP contribution in [-0.2, 0) is 33.6 Å². The van der Waals surface area contributed by atoms with Crippen molar-refractivity contribution in [3.05, 3.63) is 60.7 Å². The number of nitrogens with zero attached hydrogens (tertiary/aromatic N) is 3. The Morgan fingerprint density at radius 1 is 0.808 bits per heavy atom. The molecule has 8 atom stereocenters. The number of nitrogens with one attached hydrogen (secondary N) is 4. The number of aliphatic carboxylic acids is 2. The monoisotopic (exact) mass is 721 g/mol. The van der Waals surface area contributed by atoms with Gasteiger partial charge in [-0.2, -0.15) is 15.0 Å². The van der Waals surface area contributed by atoms with E-state index in [9.17, 15) is 0 Å². The van der Waals surface area contributed by atoms with Crippen molar-refractivity contribution >= 4 is 41.2 Å². The van der Waals surface area contributed by atoms with Crippen molar-refractivity contribution in [1.29, 1.82) is 0 Å². The minimum atomic E-state index is -1.82. The number of anilines is 5. The van der Waals surface area contributed by atoms with Gasteiger partial charge in [-0.05, 0) is 62.3 Å². The van der Waals surface area contributed by atoms with E-state index in [2.05, 4.69) is 50.1 Å². The van der Waals surface area contributed by atoms with Gasteiger partial charge in [0.2, 0.25) is 23.6 Å². The molecule has 2 bridgehead atoms. The SMILES string of the molecule is C[C@H]1[C@@H](OCCNCCNc2nc(Nc3ccccc3)nc(Nc3ccccc3)n2)O[C@@H]2O[C@@]3(C)CC[C@H]4[C@H](C)CC[C@@H]1[C@@]24OO3.O=C(O)C(=O)O. The van der Waals surface area contributed by atoms with Gasteiger partial charge < -0.3 is 45.7 Å². The summed E-state index contributed by atoms with van der Waals surface area (Å²) in [6, 6.07) is 19.6. The first-order chi connectivity index (χ1) is 25.1. The Labute approximate surface area is 301 Å². The molecule has 5 fully saturated rings. The summed E-state index contributed by atoms with van der Waals surface area (Å²) in [7, 11) is 0. The number of para-hydroxylation sites is 2. The lowest BCUT2D eigenvalue weighted by molar-refractivity contribution is -0.577. The first-order valence-electron chi connectivity index (χ1n) is 17.7. The van der Waals surface area contributed by atoms with Gasteiger partial charge in [-0.15, -0.1) is 0 Å². The summed E-state index contributed by atoms with van der Waals surface area (Å²) in [4.78, 5) is 44.1. The van der Waals surface area contributed by atoms with Crippen molar-refractivity contribution in [3.8, 4) is 0 Å². The van der Waals surface area contributed by atoms with Crippen LogP contribution in [0.5, 0.6) is 0 Å². The summed E-state index contributed by atoms with van der Waals surface area (Å²) in [6.45, 7) is 8.98. The lowest BCUT2D eigenvalue weighted by Gasteiger charge is -2.60. The van der Waals surface area contributed by atoms with E-state index < -0.39 is 29.6 Å². The highest BCUT2D eigenvalue weighted by atomic mass is 17.3. The fourth-order valence-electron chi connectivity index (χ4n) is 7.57. The maximum atomic E-state index is 9.10. The number of benzene rings is 2. The van der Waals surface area contributed by atoms with E-state index in [0.29, 0.717) is 55.9 Å². The molecule has 0 unspecified atom stereocenters. The first-order valence-corrected chi connectivity index (χ1v) is 17.7. The Hall–Kier alpha value is -4.45. The third-order valence-electron chi connectivity index (χ3n) is 10.1. The second-order valence-corrected chi connectivity index (χ2v) is 13.7. The molecule has 8 rings (SSSR count). The number of carboxylic acid groups (broad SMARTS) is 2. The minimum absolute atomic E-state index is 0.156. The maximum absolute atomic E-state index is 9.10. The summed E-state index contributed by atoms with van der Waals surface area (Å²) in [5, 5.41) is 28.1. The number of ether oxygens (including phenoxy) is 3. The summed E-state index contributed by atoms with van der Waals surface area (Å²) < 4.78 is 19.3. The Kier molecular flexibility index (Phi) is 11.8. The molecule has 5 heterocycles. The van der Waals surface area contributed by atoms with Gasteiger partial charge in [-0.3, -0.25) is 0 Å². The zero-order valence-corrected chi connectivity index (χ0v) is 29.5. The Bertz CT molecular complexity index is 1590. The average Bonchev–Trinajstić information content (AvgIpc) is 3.36. The van der Waals surface area contributed by atoms with Gasteiger partial charge in [0, 0.05) is 49.3 Å². The van der Waals surface area contributed by atoms with E-state index in [1.807, 2.05) is 67.6 Å². The second-order valence-electron chi connectivity index (χ2n) is 13.7. The van der Waals surface area contributed by atoms with Gasteiger partial charge in [0.15, 0.2) is 18.2 Å². The van der Waals surface area contributed by atoms with Crippen LogP contribution >= 0.6 is 0 Å². The van der Waals surface area contributed by atoms with Gasteiger partial charge in [0.1, 0.15) is 0 Å². The number of hydrogen-bond acceptors (Lipinski definition) is 14. The highest BCUT2D eigenvalue weighted by molar-refractivity contribution is 6.27. The molecule has 1 aliphatic carbocycles. The summed E-state index contributed by atoms with van der Waals surface area (Å²) in [5.74, 6) is -1.78. The Morgan fingerprint density at radius 2 is 1.42 bits per heavy atom. The van der Waals surface area contributed by atoms with Gasteiger partial charge in [-0.25, -0.2) is 19.4 Å². The number of carboxylic acids is 2. The highest BCUT2D eigenvalue weighted by Gasteiger charge is 2.69. The van der Waals surface area contributed by atoms with Crippen molar-refractivity contribution in [1.82, 2.24) is 20.3 Å². The van der Waals surface area contributed by atoms with E-state index in [0.717, 1.165) is 30.6 Å². The van der Waals surface area contributed by atoms with Crippen molar-refractivity contribution in [2.24, 2.45) is 23.7 Å². The summed E-state index contributed by atoms with van der Waals surface area (Å²) in [6.07, 6.45) is 3.18. The number of fused-ring (bicyclic) bond motifs is 2. The van der Waals surface area contributed by atoms with Crippen LogP contribution in [0.4, 0.5) is 29.2 Å². The molecule has 6 N–H and O–H groups in total. The molecular formula is C36H47N7O9. The Morgan fingerprint density at radius 3 is 2.04 bits per heavy atom. The molecule has 16 nitrogen and oxygen atoms in total. The molecule has 1 saturated carbocycles. The molecule has 5 aliphatic rings. The average molecular weight is 722 g/mol. The molecule has 0 amide bonds. The van der Waals surface area contributed by atoms with E-state index in [4.69, 9.17) is 43.8 Å². The van der Waals surface area contributed by atoms with Crippen LogP contribution in [0.25, 0.3) is 0 Å². The molecule has 1 spiro atoms. The summed E-state index contributed by atoms with van der Waals surface area (Å²) >= 11 is 0. The van der Waals surface area contributed by atoms with Crippen LogP contribution in [0.15, 0.2) is 60.7 Å². The van der Waals surface area contributed by atoms with Crippen LogP contribution in [0.3, 0.4) is 0 Å². The van der Waals surface area contributed by atoms with Crippen LogP contribution in [0.2, 0.25) is 0 Å². The molecule has 4 saturated heterocycles. The van der Waals surface area contributed by atoms with Gasteiger partial charge in [0.25, 0.3) is 0 Å². The smallest absolute Gasteiger partial charge is 0.414 e. The maximum Gasteiger partial charge on any atom is 0.414 e. The minimum Gasteiger partial charge on any atom is -0.473 e. The first kappa shape index (κ1) is 37.3. The van der Waals surface area contributed by atoms with Gasteiger partial charge in [0.05, 0.1) is 6.61 Å². The highest BCUT2D eigenvalue weighted by Crippen LogP contribution is 2.60. The van der Waals surface area contributed by atoms with E-state index in [-0.39, 0.29) is 18.1 Å². The van der Waals surface area contributed by atoms with Crippen LogP contribution in [0, 0.1) is 23.7 Å². The molecule has 3 aromatic rings. The van der Waals surface area contributed by atoms with Gasteiger partial charge in [-0.1, -0.05) is 50.2 Å².